The lowest BCUT2D eigenvalue weighted by Crippen LogP contribution is -2.16. The van der Waals surface area contributed by atoms with Crippen LogP contribution < -0.4 is 10.8 Å². The van der Waals surface area contributed by atoms with Gasteiger partial charge in [0.1, 0.15) is 5.82 Å². The summed E-state index contributed by atoms with van der Waals surface area (Å²) in [7, 11) is 0. The van der Waals surface area contributed by atoms with Crippen LogP contribution >= 0.6 is 11.3 Å². The molecule has 24 heavy (non-hydrogen) atoms. The van der Waals surface area contributed by atoms with Crippen molar-refractivity contribution >= 4 is 23.1 Å². The predicted octanol–water partition coefficient (Wildman–Crippen LogP) is 3.58. The van der Waals surface area contributed by atoms with Gasteiger partial charge in [0.15, 0.2) is 0 Å². The molecule has 2 aromatic heterocycles. The molecular weight excluding hydrogens is 322 g/mol. The third-order valence-corrected chi connectivity index (χ3v) is 4.60. The summed E-state index contributed by atoms with van der Waals surface area (Å²) in [5.74, 6) is 0.286. The van der Waals surface area contributed by atoms with Gasteiger partial charge < -0.3 is 5.32 Å². The van der Waals surface area contributed by atoms with Crippen molar-refractivity contribution in [3.05, 3.63) is 71.1 Å². The van der Waals surface area contributed by atoms with E-state index in [1.54, 1.807) is 11.5 Å². The lowest BCUT2D eigenvalue weighted by atomic mass is 10.1. The SMILES string of the molecule is O=C(NO)c1ccc(-c2cccc(NCCc3ccccc3)n2)s1. The highest BCUT2D eigenvalue weighted by atomic mass is 32.1. The number of benzene rings is 1. The number of amides is 1. The van der Waals surface area contributed by atoms with Gasteiger partial charge in [0.05, 0.1) is 15.4 Å². The Labute approximate surface area is 144 Å². The molecule has 0 aliphatic carbocycles. The molecule has 0 fully saturated rings. The second-order valence-corrected chi connectivity index (χ2v) is 6.26. The van der Waals surface area contributed by atoms with Crippen LogP contribution in [0.2, 0.25) is 0 Å². The van der Waals surface area contributed by atoms with Crippen LogP contribution in [0.25, 0.3) is 10.6 Å². The largest absolute Gasteiger partial charge is 0.370 e. The van der Waals surface area contributed by atoms with E-state index in [0.29, 0.717) is 4.88 Å². The van der Waals surface area contributed by atoms with Crippen molar-refractivity contribution in [1.82, 2.24) is 10.5 Å². The maximum absolute atomic E-state index is 11.4. The molecule has 0 bridgehead atoms. The highest BCUT2D eigenvalue weighted by Crippen LogP contribution is 2.27. The van der Waals surface area contributed by atoms with Crippen LogP contribution in [0.15, 0.2) is 60.7 Å². The van der Waals surface area contributed by atoms with E-state index in [4.69, 9.17) is 5.21 Å². The monoisotopic (exact) mass is 339 g/mol. The van der Waals surface area contributed by atoms with Crippen molar-refractivity contribution in [2.24, 2.45) is 0 Å². The summed E-state index contributed by atoms with van der Waals surface area (Å²) in [6.45, 7) is 0.795. The molecule has 0 atom stereocenters. The summed E-state index contributed by atoms with van der Waals surface area (Å²) in [6, 6.07) is 19.5. The quantitative estimate of drug-likeness (QED) is 0.474. The van der Waals surface area contributed by atoms with Gasteiger partial charge >= 0.3 is 0 Å². The van der Waals surface area contributed by atoms with Gasteiger partial charge in [0.25, 0.3) is 5.91 Å². The Kier molecular flexibility index (Phi) is 5.20. The van der Waals surface area contributed by atoms with E-state index in [0.717, 1.165) is 29.4 Å². The molecule has 3 rings (SSSR count). The molecule has 0 aliphatic heterocycles. The van der Waals surface area contributed by atoms with Crippen molar-refractivity contribution in [1.29, 1.82) is 0 Å². The summed E-state index contributed by atoms with van der Waals surface area (Å²) in [5, 5.41) is 12.0. The number of hydroxylamine groups is 1. The number of nitrogens with one attached hydrogen (secondary N) is 2. The van der Waals surface area contributed by atoms with Crippen molar-refractivity contribution < 1.29 is 10.0 Å². The lowest BCUT2D eigenvalue weighted by molar-refractivity contribution is 0.0711. The highest BCUT2D eigenvalue weighted by Gasteiger charge is 2.10. The fourth-order valence-electron chi connectivity index (χ4n) is 2.30. The fraction of sp³-hybridized carbons (Fsp3) is 0.111. The van der Waals surface area contributed by atoms with Crippen LogP contribution in [0.1, 0.15) is 15.2 Å². The molecular formula is C18H17N3O2S. The van der Waals surface area contributed by atoms with Gasteiger partial charge in [0.2, 0.25) is 0 Å². The van der Waals surface area contributed by atoms with E-state index < -0.39 is 5.91 Å². The molecule has 0 spiro atoms. The summed E-state index contributed by atoms with van der Waals surface area (Å²) < 4.78 is 0. The smallest absolute Gasteiger partial charge is 0.284 e. The third kappa shape index (κ3) is 3.98. The zero-order chi connectivity index (χ0) is 16.8. The average molecular weight is 339 g/mol. The number of aromatic nitrogens is 1. The van der Waals surface area contributed by atoms with Crippen LogP contribution in [0.3, 0.4) is 0 Å². The number of carbonyl (C=O) groups is 1. The minimum atomic E-state index is -0.511. The van der Waals surface area contributed by atoms with Gasteiger partial charge in [0, 0.05) is 6.54 Å². The molecule has 122 valence electrons. The van der Waals surface area contributed by atoms with Gasteiger partial charge in [-0.05, 0) is 36.2 Å². The number of rotatable bonds is 6. The Morgan fingerprint density at radius 3 is 2.67 bits per heavy atom. The van der Waals surface area contributed by atoms with Crippen molar-refractivity contribution in [2.75, 3.05) is 11.9 Å². The van der Waals surface area contributed by atoms with Crippen LogP contribution in [0.4, 0.5) is 5.82 Å². The molecule has 1 aromatic carbocycles. The fourth-order valence-corrected chi connectivity index (χ4v) is 3.17. The first-order valence-corrected chi connectivity index (χ1v) is 8.37. The first kappa shape index (κ1) is 16.2. The Hall–Kier alpha value is -2.70. The molecule has 3 N–H and O–H groups in total. The van der Waals surface area contributed by atoms with E-state index >= 15 is 0 Å². The maximum Gasteiger partial charge on any atom is 0.284 e. The number of nitrogens with zero attached hydrogens (tertiary/aromatic N) is 1. The zero-order valence-electron chi connectivity index (χ0n) is 12.9. The number of pyridine rings is 1. The molecule has 0 radical (unpaired) electrons. The number of hydrogen-bond donors (Lipinski definition) is 3. The number of carbonyl (C=O) groups excluding carboxylic acids is 1. The van der Waals surface area contributed by atoms with E-state index in [1.165, 1.54) is 16.9 Å². The highest BCUT2D eigenvalue weighted by molar-refractivity contribution is 7.17. The van der Waals surface area contributed by atoms with Gasteiger partial charge in [-0.25, -0.2) is 10.5 Å². The second-order valence-electron chi connectivity index (χ2n) is 5.18. The molecule has 0 aliphatic rings. The van der Waals surface area contributed by atoms with Gasteiger partial charge in [-0.2, -0.15) is 0 Å². The van der Waals surface area contributed by atoms with Crippen LogP contribution in [-0.2, 0) is 6.42 Å². The molecule has 2 heterocycles. The standard InChI is InChI=1S/C18H17N3O2S/c22-18(21-23)16-10-9-15(24-16)14-7-4-8-17(20-14)19-12-11-13-5-2-1-3-6-13/h1-10,23H,11-12H2,(H,19,20)(H,21,22). The minimum absolute atomic E-state index is 0.441. The zero-order valence-corrected chi connectivity index (χ0v) is 13.7. The Morgan fingerprint density at radius 1 is 1.04 bits per heavy atom. The predicted molar refractivity (Wildman–Crippen MR) is 95.4 cm³/mol. The second kappa shape index (κ2) is 7.72. The molecule has 6 heteroatoms. The summed E-state index contributed by atoms with van der Waals surface area (Å²) in [5.41, 5.74) is 3.71. The summed E-state index contributed by atoms with van der Waals surface area (Å²) in [6.07, 6.45) is 0.923. The Bertz CT molecular complexity index is 818. The van der Waals surface area contributed by atoms with Crippen LogP contribution in [0.5, 0.6) is 0 Å². The minimum Gasteiger partial charge on any atom is -0.370 e. The lowest BCUT2D eigenvalue weighted by Gasteiger charge is -2.07. The number of anilines is 1. The molecule has 5 nitrogen and oxygen atoms in total. The Morgan fingerprint density at radius 2 is 1.88 bits per heavy atom. The summed E-state index contributed by atoms with van der Waals surface area (Å²) >= 11 is 1.29. The van der Waals surface area contributed by atoms with E-state index in [1.807, 2.05) is 42.5 Å². The number of hydrogen-bond acceptors (Lipinski definition) is 5. The van der Waals surface area contributed by atoms with Crippen LogP contribution in [-0.4, -0.2) is 22.6 Å². The molecule has 0 saturated heterocycles. The number of thiophene rings is 1. The average Bonchev–Trinajstić information content (AvgIpc) is 3.12. The van der Waals surface area contributed by atoms with Crippen molar-refractivity contribution in [3.63, 3.8) is 0 Å². The van der Waals surface area contributed by atoms with Gasteiger partial charge in [-0.3, -0.25) is 10.0 Å². The van der Waals surface area contributed by atoms with Crippen molar-refractivity contribution in [2.45, 2.75) is 6.42 Å². The molecule has 3 aromatic rings. The first-order valence-electron chi connectivity index (χ1n) is 7.56. The normalized spacial score (nSPS) is 10.4. The molecule has 1 amide bonds. The topological polar surface area (TPSA) is 74.2 Å². The van der Waals surface area contributed by atoms with Crippen LogP contribution in [0, 0.1) is 0 Å². The van der Waals surface area contributed by atoms with Gasteiger partial charge in [-0.1, -0.05) is 36.4 Å². The third-order valence-electron chi connectivity index (χ3n) is 3.50. The Balaban J connectivity index is 1.65. The van der Waals surface area contributed by atoms with E-state index in [-0.39, 0.29) is 0 Å². The van der Waals surface area contributed by atoms with E-state index in [9.17, 15) is 4.79 Å². The summed E-state index contributed by atoms with van der Waals surface area (Å²) in [4.78, 5) is 17.3. The molecule has 0 unspecified atom stereocenters. The van der Waals surface area contributed by atoms with Crippen molar-refractivity contribution in [3.8, 4) is 10.6 Å². The molecule has 0 saturated carbocycles. The maximum atomic E-state index is 11.4. The first-order chi connectivity index (χ1) is 11.8. The van der Waals surface area contributed by atoms with Gasteiger partial charge in [-0.15, -0.1) is 11.3 Å². The van der Waals surface area contributed by atoms with E-state index in [2.05, 4.69) is 22.4 Å².